The first kappa shape index (κ1) is 14.2. The SMILES string of the molecule is CCCn1ccnc1CC(O)c1cc(Br)ccc1F. The smallest absolute Gasteiger partial charge is 0.129 e. The molecule has 1 heterocycles. The molecule has 2 aromatic rings. The van der Waals surface area contributed by atoms with Gasteiger partial charge in [-0.05, 0) is 24.6 Å². The van der Waals surface area contributed by atoms with Gasteiger partial charge in [0.15, 0.2) is 0 Å². The Balaban J connectivity index is 2.18. The average molecular weight is 327 g/mol. The lowest BCUT2D eigenvalue weighted by molar-refractivity contribution is 0.169. The predicted molar refractivity (Wildman–Crippen MR) is 75.3 cm³/mol. The van der Waals surface area contributed by atoms with Gasteiger partial charge in [0.1, 0.15) is 11.6 Å². The number of aliphatic hydroxyl groups excluding tert-OH is 1. The topological polar surface area (TPSA) is 38.0 Å². The summed E-state index contributed by atoms with van der Waals surface area (Å²) in [6, 6.07) is 4.57. The molecule has 0 radical (unpaired) electrons. The normalized spacial score (nSPS) is 12.6. The maximum atomic E-state index is 13.7. The third-order valence-electron chi connectivity index (χ3n) is 2.96. The Morgan fingerprint density at radius 2 is 2.26 bits per heavy atom. The molecule has 0 aliphatic carbocycles. The van der Waals surface area contributed by atoms with Crippen molar-refractivity contribution < 1.29 is 9.50 Å². The van der Waals surface area contributed by atoms with Crippen molar-refractivity contribution in [2.75, 3.05) is 0 Å². The van der Waals surface area contributed by atoms with Gasteiger partial charge in [-0.15, -0.1) is 0 Å². The molecule has 102 valence electrons. The molecule has 0 fully saturated rings. The molecule has 1 atom stereocenters. The summed E-state index contributed by atoms with van der Waals surface area (Å²) in [4.78, 5) is 4.22. The van der Waals surface area contributed by atoms with Gasteiger partial charge in [0.25, 0.3) is 0 Å². The summed E-state index contributed by atoms with van der Waals surface area (Å²) in [6.45, 7) is 2.93. The molecule has 0 bridgehead atoms. The number of aryl methyl sites for hydroxylation is 1. The molecule has 1 N–H and O–H groups in total. The molecular weight excluding hydrogens is 311 g/mol. The molecule has 2 rings (SSSR count). The molecule has 1 aromatic carbocycles. The van der Waals surface area contributed by atoms with Crippen LogP contribution in [0.3, 0.4) is 0 Å². The van der Waals surface area contributed by atoms with Crippen LogP contribution in [0.25, 0.3) is 0 Å². The van der Waals surface area contributed by atoms with Gasteiger partial charge in [0.05, 0.1) is 6.10 Å². The second kappa shape index (κ2) is 6.30. The van der Waals surface area contributed by atoms with Crippen LogP contribution in [0.15, 0.2) is 35.1 Å². The Hall–Kier alpha value is -1.20. The van der Waals surface area contributed by atoms with E-state index in [4.69, 9.17) is 0 Å². The molecule has 0 spiro atoms. The highest BCUT2D eigenvalue weighted by atomic mass is 79.9. The number of hydrogen-bond donors (Lipinski definition) is 1. The Labute approximate surface area is 120 Å². The van der Waals surface area contributed by atoms with Crippen molar-refractivity contribution in [1.82, 2.24) is 9.55 Å². The molecule has 0 aliphatic heterocycles. The van der Waals surface area contributed by atoms with E-state index >= 15 is 0 Å². The first-order valence-corrected chi connectivity index (χ1v) is 7.04. The van der Waals surface area contributed by atoms with E-state index in [9.17, 15) is 9.50 Å². The molecule has 3 nitrogen and oxygen atoms in total. The van der Waals surface area contributed by atoms with Gasteiger partial charge in [-0.25, -0.2) is 9.37 Å². The predicted octanol–water partition coefficient (Wildman–Crippen LogP) is 3.47. The van der Waals surface area contributed by atoms with Crippen molar-refractivity contribution in [1.29, 1.82) is 0 Å². The van der Waals surface area contributed by atoms with Crippen LogP contribution in [0.2, 0.25) is 0 Å². The molecule has 0 aliphatic rings. The first-order chi connectivity index (χ1) is 9.11. The number of rotatable bonds is 5. The highest BCUT2D eigenvalue weighted by molar-refractivity contribution is 9.10. The average Bonchev–Trinajstić information content (AvgIpc) is 2.80. The molecule has 5 heteroatoms. The van der Waals surface area contributed by atoms with Crippen molar-refractivity contribution in [3.05, 3.63) is 52.3 Å². The van der Waals surface area contributed by atoms with Crippen LogP contribution < -0.4 is 0 Å². The minimum Gasteiger partial charge on any atom is -0.388 e. The van der Waals surface area contributed by atoms with Gasteiger partial charge < -0.3 is 9.67 Å². The highest BCUT2D eigenvalue weighted by Gasteiger charge is 2.16. The third kappa shape index (κ3) is 3.42. The van der Waals surface area contributed by atoms with Gasteiger partial charge >= 0.3 is 0 Å². The monoisotopic (exact) mass is 326 g/mol. The van der Waals surface area contributed by atoms with E-state index in [0.29, 0.717) is 12.0 Å². The second-order valence-electron chi connectivity index (χ2n) is 4.42. The molecule has 19 heavy (non-hydrogen) atoms. The maximum Gasteiger partial charge on any atom is 0.129 e. The van der Waals surface area contributed by atoms with Crippen molar-refractivity contribution >= 4 is 15.9 Å². The van der Waals surface area contributed by atoms with Gasteiger partial charge in [-0.3, -0.25) is 0 Å². The zero-order valence-electron chi connectivity index (χ0n) is 10.7. The van der Waals surface area contributed by atoms with Crippen LogP contribution in [0.4, 0.5) is 4.39 Å². The Morgan fingerprint density at radius 3 is 3.00 bits per heavy atom. The van der Waals surface area contributed by atoms with E-state index in [2.05, 4.69) is 27.8 Å². The number of halogens is 2. The van der Waals surface area contributed by atoms with Crippen LogP contribution in [0, 0.1) is 5.82 Å². The Bertz CT molecular complexity index is 556. The zero-order valence-corrected chi connectivity index (χ0v) is 12.3. The maximum absolute atomic E-state index is 13.7. The minimum atomic E-state index is -0.893. The van der Waals surface area contributed by atoms with Gasteiger partial charge in [0.2, 0.25) is 0 Å². The van der Waals surface area contributed by atoms with Crippen molar-refractivity contribution in [3.8, 4) is 0 Å². The molecule has 0 saturated heterocycles. The van der Waals surface area contributed by atoms with Crippen molar-refractivity contribution in [2.24, 2.45) is 0 Å². The standard InChI is InChI=1S/C14H16BrFN2O/c1-2-6-18-7-5-17-14(18)9-13(19)11-8-10(15)3-4-12(11)16/h3-5,7-8,13,19H,2,6,9H2,1H3. The molecule has 1 aromatic heterocycles. The first-order valence-electron chi connectivity index (χ1n) is 6.24. The van der Waals surface area contributed by atoms with Crippen LogP contribution in [-0.2, 0) is 13.0 Å². The summed E-state index contributed by atoms with van der Waals surface area (Å²) < 4.78 is 16.4. The van der Waals surface area contributed by atoms with Crippen molar-refractivity contribution in [3.63, 3.8) is 0 Å². The largest absolute Gasteiger partial charge is 0.388 e. The number of hydrogen-bond acceptors (Lipinski definition) is 2. The summed E-state index contributed by atoms with van der Waals surface area (Å²) in [5, 5.41) is 10.2. The number of imidazole rings is 1. The zero-order chi connectivity index (χ0) is 13.8. The molecule has 0 saturated carbocycles. The summed E-state index contributed by atoms with van der Waals surface area (Å²) in [5.74, 6) is 0.373. The summed E-state index contributed by atoms with van der Waals surface area (Å²) >= 11 is 3.28. The Kier molecular flexibility index (Phi) is 4.71. The summed E-state index contributed by atoms with van der Waals surface area (Å²) in [7, 11) is 0. The second-order valence-corrected chi connectivity index (χ2v) is 5.34. The van der Waals surface area contributed by atoms with Crippen LogP contribution in [0.1, 0.15) is 30.8 Å². The van der Waals surface area contributed by atoms with E-state index in [1.807, 2.05) is 10.8 Å². The molecule has 1 unspecified atom stereocenters. The van der Waals surface area contributed by atoms with Crippen LogP contribution >= 0.6 is 15.9 Å². The lowest BCUT2D eigenvalue weighted by Gasteiger charge is -2.13. The van der Waals surface area contributed by atoms with E-state index in [-0.39, 0.29) is 0 Å². The quantitative estimate of drug-likeness (QED) is 0.913. The molecular formula is C14H16BrFN2O. The lowest BCUT2D eigenvalue weighted by atomic mass is 10.1. The fourth-order valence-corrected chi connectivity index (χ4v) is 2.41. The lowest BCUT2D eigenvalue weighted by Crippen LogP contribution is -2.10. The van der Waals surface area contributed by atoms with E-state index < -0.39 is 11.9 Å². The van der Waals surface area contributed by atoms with Crippen LogP contribution in [-0.4, -0.2) is 14.7 Å². The van der Waals surface area contributed by atoms with Crippen molar-refractivity contribution in [2.45, 2.75) is 32.4 Å². The van der Waals surface area contributed by atoms with E-state index in [0.717, 1.165) is 23.3 Å². The van der Waals surface area contributed by atoms with E-state index in [1.54, 1.807) is 18.3 Å². The summed E-state index contributed by atoms with van der Waals surface area (Å²) in [6.07, 6.45) is 3.98. The Morgan fingerprint density at radius 1 is 1.47 bits per heavy atom. The molecule has 0 amide bonds. The van der Waals surface area contributed by atoms with Gasteiger partial charge in [-0.2, -0.15) is 0 Å². The van der Waals surface area contributed by atoms with Gasteiger partial charge in [-0.1, -0.05) is 22.9 Å². The fourth-order valence-electron chi connectivity index (χ4n) is 2.03. The summed E-state index contributed by atoms with van der Waals surface area (Å²) in [5.41, 5.74) is 0.292. The van der Waals surface area contributed by atoms with Gasteiger partial charge in [0, 0.05) is 35.4 Å². The third-order valence-corrected chi connectivity index (χ3v) is 3.45. The number of nitrogens with zero attached hydrogens (tertiary/aromatic N) is 2. The fraction of sp³-hybridized carbons (Fsp3) is 0.357. The number of benzene rings is 1. The number of aromatic nitrogens is 2. The minimum absolute atomic E-state index is 0.292. The van der Waals surface area contributed by atoms with E-state index in [1.165, 1.54) is 6.07 Å². The highest BCUT2D eigenvalue weighted by Crippen LogP contribution is 2.24. The van der Waals surface area contributed by atoms with Crippen LogP contribution in [0.5, 0.6) is 0 Å². The number of aliphatic hydroxyl groups is 1.